The van der Waals surface area contributed by atoms with Crippen LogP contribution < -0.4 is 5.32 Å². The van der Waals surface area contributed by atoms with Crippen LogP contribution in [0.5, 0.6) is 0 Å². The molecule has 1 aliphatic heterocycles. The van der Waals surface area contributed by atoms with Gasteiger partial charge in [0, 0.05) is 37.2 Å². The van der Waals surface area contributed by atoms with E-state index in [1.807, 2.05) is 0 Å². The molecule has 1 aliphatic rings. The van der Waals surface area contributed by atoms with Gasteiger partial charge in [0.25, 0.3) is 0 Å². The first-order valence-corrected chi connectivity index (χ1v) is 7.67. The first-order valence-electron chi connectivity index (χ1n) is 6.62. The number of rotatable bonds is 6. The lowest BCUT2D eigenvalue weighted by molar-refractivity contribution is 0.160. The third-order valence-electron chi connectivity index (χ3n) is 3.74. The number of hydrogen-bond donors (Lipinski definition) is 1. The number of hydrogen-bond acceptors (Lipinski definition) is 3. The average Bonchev–Trinajstić information content (AvgIpc) is 2.29. The van der Waals surface area contributed by atoms with Crippen LogP contribution >= 0.6 is 11.8 Å². The van der Waals surface area contributed by atoms with Gasteiger partial charge in [0.2, 0.25) is 0 Å². The van der Waals surface area contributed by atoms with Crippen molar-refractivity contribution < 1.29 is 0 Å². The molecule has 16 heavy (non-hydrogen) atoms. The molecule has 0 aromatic carbocycles. The van der Waals surface area contributed by atoms with Crippen LogP contribution in [0.2, 0.25) is 0 Å². The molecule has 1 N–H and O–H groups in total. The third-order valence-corrected chi connectivity index (χ3v) is 5.11. The molecule has 0 bridgehead atoms. The maximum absolute atomic E-state index is 3.34. The first-order chi connectivity index (χ1) is 7.63. The Labute approximate surface area is 106 Å². The van der Waals surface area contributed by atoms with E-state index in [0.29, 0.717) is 5.41 Å². The molecule has 2 unspecified atom stereocenters. The molecular formula is C13H28N2S. The molecule has 0 radical (unpaired) electrons. The SMILES string of the molecule is CCC1CN(CC(C)(CC)CNC)CCS1. The normalized spacial score (nSPS) is 26.6. The van der Waals surface area contributed by atoms with Gasteiger partial charge in [0.1, 0.15) is 0 Å². The van der Waals surface area contributed by atoms with E-state index >= 15 is 0 Å². The lowest BCUT2D eigenvalue weighted by atomic mass is 9.86. The molecule has 0 spiro atoms. The Morgan fingerprint density at radius 3 is 2.75 bits per heavy atom. The molecule has 1 rings (SSSR count). The minimum absolute atomic E-state index is 0.440. The maximum atomic E-state index is 3.34. The summed E-state index contributed by atoms with van der Waals surface area (Å²) >= 11 is 2.16. The highest BCUT2D eigenvalue weighted by molar-refractivity contribution is 8.00. The van der Waals surface area contributed by atoms with E-state index in [2.05, 4.69) is 49.8 Å². The first kappa shape index (κ1) is 14.3. The molecule has 2 atom stereocenters. The van der Waals surface area contributed by atoms with Crippen molar-refractivity contribution in [3.8, 4) is 0 Å². The number of thioether (sulfide) groups is 1. The molecular weight excluding hydrogens is 216 g/mol. The molecule has 1 fully saturated rings. The molecule has 0 aromatic heterocycles. The van der Waals surface area contributed by atoms with Gasteiger partial charge in [-0.1, -0.05) is 20.8 Å². The van der Waals surface area contributed by atoms with E-state index in [9.17, 15) is 0 Å². The Balaban J connectivity index is 2.44. The van der Waals surface area contributed by atoms with E-state index in [1.165, 1.54) is 38.2 Å². The van der Waals surface area contributed by atoms with Crippen molar-refractivity contribution in [2.24, 2.45) is 5.41 Å². The summed E-state index contributed by atoms with van der Waals surface area (Å²) < 4.78 is 0. The van der Waals surface area contributed by atoms with Crippen LogP contribution in [-0.4, -0.2) is 49.1 Å². The van der Waals surface area contributed by atoms with E-state index < -0.39 is 0 Å². The van der Waals surface area contributed by atoms with Crippen molar-refractivity contribution in [3.05, 3.63) is 0 Å². The van der Waals surface area contributed by atoms with E-state index in [1.54, 1.807) is 0 Å². The van der Waals surface area contributed by atoms with E-state index in [-0.39, 0.29) is 0 Å². The quantitative estimate of drug-likeness (QED) is 0.772. The van der Waals surface area contributed by atoms with Crippen LogP contribution in [0.15, 0.2) is 0 Å². The maximum Gasteiger partial charge on any atom is 0.0172 e. The minimum Gasteiger partial charge on any atom is -0.319 e. The van der Waals surface area contributed by atoms with Crippen molar-refractivity contribution in [1.29, 1.82) is 0 Å². The van der Waals surface area contributed by atoms with Crippen molar-refractivity contribution in [1.82, 2.24) is 10.2 Å². The molecule has 0 amide bonds. The van der Waals surface area contributed by atoms with Gasteiger partial charge in [-0.25, -0.2) is 0 Å². The summed E-state index contributed by atoms with van der Waals surface area (Å²) in [6.45, 7) is 12.0. The lowest BCUT2D eigenvalue weighted by Gasteiger charge is -2.39. The van der Waals surface area contributed by atoms with Gasteiger partial charge in [-0.05, 0) is 25.3 Å². The second-order valence-corrected chi connectivity index (χ2v) is 6.74. The third kappa shape index (κ3) is 4.27. The van der Waals surface area contributed by atoms with Gasteiger partial charge >= 0.3 is 0 Å². The fourth-order valence-electron chi connectivity index (χ4n) is 2.43. The van der Waals surface area contributed by atoms with Gasteiger partial charge in [-0.2, -0.15) is 11.8 Å². The Morgan fingerprint density at radius 1 is 1.44 bits per heavy atom. The molecule has 1 saturated heterocycles. The topological polar surface area (TPSA) is 15.3 Å². The second kappa shape index (κ2) is 6.87. The van der Waals surface area contributed by atoms with Gasteiger partial charge in [-0.3, -0.25) is 0 Å². The fourth-order valence-corrected chi connectivity index (χ4v) is 3.68. The van der Waals surface area contributed by atoms with E-state index in [4.69, 9.17) is 0 Å². The molecule has 1 heterocycles. The van der Waals surface area contributed by atoms with Crippen LogP contribution in [0.3, 0.4) is 0 Å². The standard InChI is InChI=1S/C13H28N2S/c1-5-12-9-15(7-8-16-12)11-13(3,6-2)10-14-4/h12,14H,5-11H2,1-4H3. The molecule has 0 saturated carbocycles. The van der Waals surface area contributed by atoms with Crippen molar-refractivity contribution >= 4 is 11.8 Å². The van der Waals surface area contributed by atoms with Gasteiger partial charge in [0.05, 0.1) is 0 Å². The Kier molecular flexibility index (Phi) is 6.16. The predicted octanol–water partition coefficient (Wildman–Crippen LogP) is 2.45. The highest BCUT2D eigenvalue weighted by Crippen LogP contribution is 2.26. The van der Waals surface area contributed by atoms with Gasteiger partial charge in [-0.15, -0.1) is 0 Å². The number of nitrogens with zero attached hydrogens (tertiary/aromatic N) is 1. The monoisotopic (exact) mass is 244 g/mol. The Bertz CT molecular complexity index is 198. The zero-order chi connectivity index (χ0) is 12.0. The van der Waals surface area contributed by atoms with Crippen LogP contribution in [0.1, 0.15) is 33.6 Å². The van der Waals surface area contributed by atoms with Crippen molar-refractivity contribution in [3.63, 3.8) is 0 Å². The summed E-state index contributed by atoms with van der Waals surface area (Å²) in [6, 6.07) is 0. The van der Waals surface area contributed by atoms with Crippen molar-refractivity contribution in [2.45, 2.75) is 38.9 Å². The molecule has 0 aliphatic carbocycles. The summed E-state index contributed by atoms with van der Waals surface area (Å²) in [5.41, 5.74) is 0.440. The highest BCUT2D eigenvalue weighted by Gasteiger charge is 2.27. The zero-order valence-corrected chi connectivity index (χ0v) is 12.2. The van der Waals surface area contributed by atoms with Crippen LogP contribution in [-0.2, 0) is 0 Å². The van der Waals surface area contributed by atoms with Gasteiger partial charge < -0.3 is 10.2 Å². The predicted molar refractivity (Wildman–Crippen MR) is 75.3 cm³/mol. The van der Waals surface area contributed by atoms with Crippen LogP contribution in [0.25, 0.3) is 0 Å². The van der Waals surface area contributed by atoms with Crippen LogP contribution in [0, 0.1) is 5.41 Å². The summed E-state index contributed by atoms with van der Waals surface area (Å²) in [4.78, 5) is 2.67. The average molecular weight is 244 g/mol. The Morgan fingerprint density at radius 2 is 2.19 bits per heavy atom. The Hall–Kier alpha value is 0.270. The number of nitrogens with one attached hydrogen (secondary N) is 1. The fraction of sp³-hybridized carbons (Fsp3) is 1.00. The summed E-state index contributed by atoms with van der Waals surface area (Å²) in [5, 5.41) is 4.21. The molecule has 96 valence electrons. The summed E-state index contributed by atoms with van der Waals surface area (Å²) in [5.74, 6) is 1.32. The smallest absolute Gasteiger partial charge is 0.0172 e. The van der Waals surface area contributed by atoms with Crippen LogP contribution in [0.4, 0.5) is 0 Å². The van der Waals surface area contributed by atoms with Crippen molar-refractivity contribution in [2.75, 3.05) is 39.0 Å². The summed E-state index contributed by atoms with van der Waals surface area (Å²) in [7, 11) is 2.06. The summed E-state index contributed by atoms with van der Waals surface area (Å²) in [6.07, 6.45) is 2.57. The molecule has 3 heteroatoms. The molecule has 0 aromatic rings. The lowest BCUT2D eigenvalue weighted by Crippen LogP contribution is -2.46. The highest BCUT2D eigenvalue weighted by atomic mass is 32.2. The largest absolute Gasteiger partial charge is 0.319 e. The second-order valence-electron chi connectivity index (χ2n) is 5.33. The zero-order valence-electron chi connectivity index (χ0n) is 11.4. The molecule has 2 nitrogen and oxygen atoms in total. The van der Waals surface area contributed by atoms with E-state index in [0.717, 1.165) is 11.8 Å². The van der Waals surface area contributed by atoms with Gasteiger partial charge in [0.15, 0.2) is 0 Å². The minimum atomic E-state index is 0.440.